The third-order valence-electron chi connectivity index (χ3n) is 8.35. The topological polar surface area (TPSA) is 37.3 Å². The number of aliphatic hydroxyl groups excluding tert-OH is 1. The standard InChI is InChI=1S/C19H30O2/c1-18-9-7-13(20)11-12(18)3-4-14-15-5-6-17(21)19(15,2)10-8-16(14)18/h12-16,20H,3-11H2,1-2H3/t12?,13?,14-,15?,16?,18-,19-/m1/s1. The van der Waals surface area contributed by atoms with E-state index in [2.05, 4.69) is 13.8 Å². The minimum absolute atomic E-state index is 0.0124. The van der Waals surface area contributed by atoms with Crippen molar-refractivity contribution in [2.75, 3.05) is 0 Å². The second-order valence-electron chi connectivity index (χ2n) is 9.00. The van der Waals surface area contributed by atoms with Crippen molar-refractivity contribution < 1.29 is 9.90 Å². The van der Waals surface area contributed by atoms with Gasteiger partial charge in [-0.2, -0.15) is 0 Å². The van der Waals surface area contributed by atoms with Gasteiger partial charge in [-0.15, -0.1) is 0 Å². The van der Waals surface area contributed by atoms with Crippen molar-refractivity contribution in [3.05, 3.63) is 0 Å². The van der Waals surface area contributed by atoms with Gasteiger partial charge in [0.05, 0.1) is 6.10 Å². The summed E-state index contributed by atoms with van der Waals surface area (Å²) in [6.45, 7) is 4.78. The molecule has 118 valence electrons. The Hall–Kier alpha value is -0.370. The Morgan fingerprint density at radius 1 is 1.00 bits per heavy atom. The Labute approximate surface area is 128 Å². The molecule has 1 N–H and O–H groups in total. The first kappa shape index (κ1) is 14.2. The van der Waals surface area contributed by atoms with Gasteiger partial charge in [0.25, 0.3) is 0 Å². The van der Waals surface area contributed by atoms with Gasteiger partial charge >= 0.3 is 0 Å². The molecule has 0 saturated heterocycles. The molecule has 0 bridgehead atoms. The monoisotopic (exact) mass is 290 g/mol. The molecule has 0 aromatic carbocycles. The van der Waals surface area contributed by atoms with Crippen molar-refractivity contribution in [1.82, 2.24) is 0 Å². The van der Waals surface area contributed by atoms with E-state index in [1.165, 1.54) is 25.7 Å². The molecule has 0 amide bonds. The average Bonchev–Trinajstić information content (AvgIpc) is 2.76. The zero-order valence-corrected chi connectivity index (χ0v) is 13.6. The maximum absolute atomic E-state index is 12.4. The summed E-state index contributed by atoms with van der Waals surface area (Å²) in [5.74, 6) is 3.54. The Morgan fingerprint density at radius 2 is 1.81 bits per heavy atom. The predicted molar refractivity (Wildman–Crippen MR) is 82.7 cm³/mol. The van der Waals surface area contributed by atoms with Crippen LogP contribution in [-0.4, -0.2) is 17.0 Å². The number of hydrogen-bond donors (Lipinski definition) is 1. The molecule has 4 unspecified atom stereocenters. The minimum atomic E-state index is -0.0541. The highest BCUT2D eigenvalue weighted by Gasteiger charge is 2.60. The van der Waals surface area contributed by atoms with Crippen LogP contribution in [-0.2, 0) is 4.79 Å². The van der Waals surface area contributed by atoms with Crippen LogP contribution in [0.25, 0.3) is 0 Å². The third kappa shape index (κ3) is 1.84. The van der Waals surface area contributed by atoms with Gasteiger partial charge < -0.3 is 5.11 Å². The maximum atomic E-state index is 12.4. The number of ketones is 1. The second kappa shape index (κ2) is 4.57. The summed E-state index contributed by atoms with van der Waals surface area (Å²) in [6.07, 6.45) is 10.1. The Morgan fingerprint density at radius 3 is 2.62 bits per heavy atom. The molecule has 4 rings (SSSR count). The van der Waals surface area contributed by atoms with Crippen molar-refractivity contribution in [2.24, 2.45) is 34.5 Å². The van der Waals surface area contributed by atoms with Crippen LogP contribution in [0.4, 0.5) is 0 Å². The van der Waals surface area contributed by atoms with Gasteiger partial charge in [-0.05, 0) is 80.5 Å². The number of rotatable bonds is 0. The normalized spacial score (nSPS) is 56.5. The van der Waals surface area contributed by atoms with E-state index in [1.54, 1.807) is 0 Å². The van der Waals surface area contributed by atoms with E-state index < -0.39 is 0 Å². The smallest absolute Gasteiger partial charge is 0.139 e. The second-order valence-corrected chi connectivity index (χ2v) is 9.00. The van der Waals surface area contributed by atoms with E-state index in [0.29, 0.717) is 17.1 Å². The number of Topliss-reactive ketones (excluding diaryl/α,β-unsaturated/α-hetero) is 1. The van der Waals surface area contributed by atoms with Crippen molar-refractivity contribution in [2.45, 2.75) is 77.7 Å². The van der Waals surface area contributed by atoms with Crippen LogP contribution in [0.15, 0.2) is 0 Å². The van der Waals surface area contributed by atoms with Crippen LogP contribution < -0.4 is 0 Å². The molecular formula is C19H30O2. The van der Waals surface area contributed by atoms with Gasteiger partial charge in [0, 0.05) is 11.8 Å². The Balaban J connectivity index is 1.64. The predicted octanol–water partition coefficient (Wildman–Crippen LogP) is 3.96. The molecule has 0 heterocycles. The summed E-state index contributed by atoms with van der Waals surface area (Å²) in [5, 5.41) is 10.0. The lowest BCUT2D eigenvalue weighted by atomic mass is 9.45. The zero-order valence-electron chi connectivity index (χ0n) is 13.6. The van der Waals surface area contributed by atoms with Gasteiger partial charge in [0.15, 0.2) is 0 Å². The van der Waals surface area contributed by atoms with Gasteiger partial charge in [0.1, 0.15) is 5.78 Å². The molecule has 0 aromatic heterocycles. The van der Waals surface area contributed by atoms with Gasteiger partial charge in [-0.3, -0.25) is 4.79 Å². The molecular weight excluding hydrogens is 260 g/mol. The van der Waals surface area contributed by atoms with Crippen molar-refractivity contribution >= 4 is 5.78 Å². The lowest BCUT2D eigenvalue weighted by molar-refractivity contribution is -0.142. The largest absolute Gasteiger partial charge is 0.393 e. The third-order valence-corrected chi connectivity index (χ3v) is 8.35. The molecule has 0 spiro atoms. The fraction of sp³-hybridized carbons (Fsp3) is 0.947. The van der Waals surface area contributed by atoms with Crippen molar-refractivity contribution in [3.63, 3.8) is 0 Å². The first-order valence-electron chi connectivity index (χ1n) is 9.16. The fourth-order valence-corrected chi connectivity index (χ4v) is 7.01. The summed E-state index contributed by atoms with van der Waals surface area (Å²) in [5.41, 5.74) is 0.452. The number of carbonyl (C=O) groups is 1. The van der Waals surface area contributed by atoms with Crippen molar-refractivity contribution in [3.8, 4) is 0 Å². The van der Waals surface area contributed by atoms with Crippen LogP contribution in [0.2, 0.25) is 0 Å². The molecule has 0 aromatic rings. The van der Waals surface area contributed by atoms with E-state index in [4.69, 9.17) is 0 Å². The van der Waals surface area contributed by atoms with E-state index in [-0.39, 0.29) is 11.5 Å². The first-order chi connectivity index (χ1) is 9.95. The summed E-state index contributed by atoms with van der Waals surface area (Å²) >= 11 is 0. The number of hydrogen-bond acceptors (Lipinski definition) is 2. The van der Waals surface area contributed by atoms with E-state index in [9.17, 15) is 9.90 Å². The average molecular weight is 290 g/mol. The Kier molecular flexibility index (Phi) is 3.10. The molecule has 4 saturated carbocycles. The van der Waals surface area contributed by atoms with E-state index in [1.807, 2.05) is 0 Å². The number of carbonyl (C=O) groups excluding carboxylic acids is 1. The first-order valence-corrected chi connectivity index (χ1v) is 9.16. The quantitative estimate of drug-likeness (QED) is 0.733. The number of aliphatic hydroxyl groups is 1. The highest BCUT2D eigenvalue weighted by molar-refractivity contribution is 5.87. The molecule has 2 heteroatoms. The van der Waals surface area contributed by atoms with E-state index in [0.717, 1.165) is 49.9 Å². The highest BCUT2D eigenvalue weighted by atomic mass is 16.3. The van der Waals surface area contributed by atoms with Gasteiger partial charge in [-0.1, -0.05) is 13.8 Å². The number of fused-ring (bicyclic) bond motifs is 5. The highest BCUT2D eigenvalue weighted by Crippen LogP contribution is 2.65. The lowest BCUT2D eigenvalue weighted by Crippen LogP contribution is -2.54. The SMILES string of the molecule is C[C@@]12CCC(O)CC1CC[C@H]1C2CC[C@@]2(C)C(=O)CCC12. The summed E-state index contributed by atoms with van der Waals surface area (Å²) in [6, 6.07) is 0. The van der Waals surface area contributed by atoms with Gasteiger partial charge in [0.2, 0.25) is 0 Å². The zero-order chi connectivity index (χ0) is 14.8. The molecule has 4 aliphatic carbocycles. The summed E-state index contributed by atoms with van der Waals surface area (Å²) in [7, 11) is 0. The van der Waals surface area contributed by atoms with Crippen LogP contribution in [0.3, 0.4) is 0 Å². The summed E-state index contributed by atoms with van der Waals surface area (Å²) in [4.78, 5) is 12.4. The van der Waals surface area contributed by atoms with Gasteiger partial charge in [-0.25, -0.2) is 0 Å². The van der Waals surface area contributed by atoms with Crippen LogP contribution in [0, 0.1) is 34.5 Å². The Bertz CT molecular complexity index is 458. The maximum Gasteiger partial charge on any atom is 0.139 e. The molecule has 4 aliphatic rings. The molecule has 21 heavy (non-hydrogen) atoms. The fourth-order valence-electron chi connectivity index (χ4n) is 7.01. The van der Waals surface area contributed by atoms with Crippen molar-refractivity contribution in [1.29, 1.82) is 0 Å². The minimum Gasteiger partial charge on any atom is -0.393 e. The molecule has 0 radical (unpaired) electrons. The van der Waals surface area contributed by atoms with E-state index >= 15 is 0 Å². The van der Waals surface area contributed by atoms with Crippen LogP contribution in [0.1, 0.15) is 71.6 Å². The molecule has 2 nitrogen and oxygen atoms in total. The summed E-state index contributed by atoms with van der Waals surface area (Å²) < 4.78 is 0. The lowest BCUT2D eigenvalue weighted by Gasteiger charge is -2.60. The van der Waals surface area contributed by atoms with Crippen LogP contribution in [0.5, 0.6) is 0 Å². The molecule has 0 aliphatic heterocycles. The van der Waals surface area contributed by atoms with Crippen LogP contribution >= 0.6 is 0 Å². The molecule has 4 fully saturated rings. The molecule has 7 atom stereocenters.